The first kappa shape index (κ1) is 15.5. The van der Waals surface area contributed by atoms with Gasteiger partial charge in [-0.1, -0.05) is 0 Å². The van der Waals surface area contributed by atoms with E-state index in [0.717, 1.165) is 0 Å². The Kier molecular flexibility index (Phi) is 4.73. The summed E-state index contributed by atoms with van der Waals surface area (Å²) in [5, 5.41) is 2.73. The van der Waals surface area contributed by atoms with Crippen molar-refractivity contribution in [2.75, 3.05) is 19.5 Å². The predicted molar refractivity (Wildman–Crippen MR) is 81.7 cm³/mol. The molecule has 1 aromatic heterocycles. The van der Waals surface area contributed by atoms with E-state index in [1.165, 1.54) is 21.1 Å². The van der Waals surface area contributed by atoms with E-state index in [1.54, 1.807) is 36.4 Å². The second-order valence-corrected chi connectivity index (χ2v) is 4.50. The fraction of sp³-hybridized carbons (Fsp3) is 0.188. The summed E-state index contributed by atoms with van der Waals surface area (Å²) in [6.07, 6.45) is 0. The average Bonchev–Trinajstić information content (AvgIpc) is 2.54. The molecule has 0 radical (unpaired) electrons. The van der Waals surface area contributed by atoms with E-state index in [2.05, 4.69) is 10.3 Å². The molecule has 1 N–H and O–H groups in total. The molecule has 2 aromatic rings. The molecule has 2 rings (SSSR count). The maximum Gasteiger partial charge on any atom is 0.261 e. The lowest BCUT2D eigenvalue weighted by molar-refractivity contribution is 0.101. The molecule has 0 atom stereocenters. The van der Waals surface area contributed by atoms with Crippen LogP contribution in [0, 0.1) is 0 Å². The van der Waals surface area contributed by atoms with E-state index in [1.807, 2.05) is 0 Å². The van der Waals surface area contributed by atoms with E-state index in [-0.39, 0.29) is 17.6 Å². The summed E-state index contributed by atoms with van der Waals surface area (Å²) in [7, 11) is 2.91. The van der Waals surface area contributed by atoms with Crippen LogP contribution in [0.3, 0.4) is 0 Å². The van der Waals surface area contributed by atoms with Gasteiger partial charge in [0, 0.05) is 17.3 Å². The van der Waals surface area contributed by atoms with E-state index in [4.69, 9.17) is 9.47 Å². The van der Waals surface area contributed by atoms with Crippen molar-refractivity contribution in [2.24, 2.45) is 0 Å². The Labute approximate surface area is 128 Å². The molecular weight excluding hydrogens is 284 g/mol. The number of carbonyl (C=O) groups is 2. The quantitative estimate of drug-likeness (QED) is 0.859. The predicted octanol–water partition coefficient (Wildman–Crippen LogP) is 2.55. The SMILES string of the molecule is COc1ccc(C(=O)Nc2ccc(C(C)=O)cc2)c(OC)n1. The Morgan fingerprint density at radius 2 is 1.68 bits per heavy atom. The maximum atomic E-state index is 12.3. The number of anilines is 1. The van der Waals surface area contributed by atoms with Crippen LogP contribution < -0.4 is 14.8 Å². The van der Waals surface area contributed by atoms with E-state index >= 15 is 0 Å². The molecule has 6 heteroatoms. The lowest BCUT2D eigenvalue weighted by Gasteiger charge is -2.10. The van der Waals surface area contributed by atoms with E-state index in [9.17, 15) is 9.59 Å². The number of nitrogens with one attached hydrogen (secondary N) is 1. The smallest absolute Gasteiger partial charge is 0.261 e. The van der Waals surface area contributed by atoms with Gasteiger partial charge in [0.25, 0.3) is 5.91 Å². The van der Waals surface area contributed by atoms with Gasteiger partial charge < -0.3 is 14.8 Å². The Morgan fingerprint density at radius 3 is 2.23 bits per heavy atom. The number of aromatic nitrogens is 1. The highest BCUT2D eigenvalue weighted by atomic mass is 16.5. The third-order valence-corrected chi connectivity index (χ3v) is 3.03. The molecule has 1 amide bonds. The van der Waals surface area contributed by atoms with Crippen LogP contribution in [0.15, 0.2) is 36.4 Å². The van der Waals surface area contributed by atoms with Crippen LogP contribution in [0.4, 0.5) is 5.69 Å². The van der Waals surface area contributed by atoms with Crippen LogP contribution >= 0.6 is 0 Å². The molecule has 0 aliphatic carbocycles. The van der Waals surface area contributed by atoms with Gasteiger partial charge >= 0.3 is 0 Å². The van der Waals surface area contributed by atoms with Crippen molar-refractivity contribution < 1.29 is 19.1 Å². The number of benzene rings is 1. The standard InChI is InChI=1S/C16H16N2O4/c1-10(19)11-4-6-12(7-5-11)17-15(20)13-8-9-14(21-2)18-16(13)22-3/h4-9H,1-3H3,(H,17,20). The molecule has 1 aromatic carbocycles. The van der Waals surface area contributed by atoms with Crippen molar-refractivity contribution in [3.63, 3.8) is 0 Å². The molecule has 6 nitrogen and oxygen atoms in total. The zero-order chi connectivity index (χ0) is 16.1. The summed E-state index contributed by atoms with van der Waals surface area (Å²) in [5.74, 6) is 0.151. The number of hydrogen-bond donors (Lipinski definition) is 1. The molecule has 1 heterocycles. The van der Waals surface area contributed by atoms with Crippen LogP contribution in [0.25, 0.3) is 0 Å². The molecule has 22 heavy (non-hydrogen) atoms. The zero-order valence-corrected chi connectivity index (χ0v) is 12.5. The van der Waals surface area contributed by atoms with Gasteiger partial charge in [-0.2, -0.15) is 4.98 Å². The summed E-state index contributed by atoms with van der Waals surface area (Å²) in [6, 6.07) is 9.79. The highest BCUT2D eigenvalue weighted by molar-refractivity contribution is 6.06. The largest absolute Gasteiger partial charge is 0.481 e. The number of carbonyl (C=O) groups excluding carboxylic acids is 2. The number of methoxy groups -OCH3 is 2. The molecule has 0 bridgehead atoms. The summed E-state index contributed by atoms with van der Waals surface area (Å²) in [4.78, 5) is 27.6. The van der Waals surface area contributed by atoms with Crippen LogP contribution in [0.1, 0.15) is 27.6 Å². The lowest BCUT2D eigenvalue weighted by Crippen LogP contribution is -2.14. The first-order valence-electron chi connectivity index (χ1n) is 6.56. The number of rotatable bonds is 5. The zero-order valence-electron chi connectivity index (χ0n) is 12.5. The molecule has 0 aliphatic rings. The van der Waals surface area contributed by atoms with Gasteiger partial charge in [0.1, 0.15) is 5.56 Å². The van der Waals surface area contributed by atoms with Crippen molar-refractivity contribution in [1.29, 1.82) is 0 Å². The highest BCUT2D eigenvalue weighted by Crippen LogP contribution is 2.21. The third-order valence-electron chi connectivity index (χ3n) is 3.03. The van der Waals surface area contributed by atoms with Crippen LogP contribution in [0.2, 0.25) is 0 Å². The maximum absolute atomic E-state index is 12.3. The van der Waals surface area contributed by atoms with Gasteiger partial charge in [0.05, 0.1) is 14.2 Å². The number of ketones is 1. The minimum atomic E-state index is -0.359. The van der Waals surface area contributed by atoms with E-state index < -0.39 is 0 Å². The summed E-state index contributed by atoms with van der Waals surface area (Å²) in [5.41, 5.74) is 1.45. The Morgan fingerprint density at radius 1 is 1.00 bits per heavy atom. The number of ether oxygens (including phenoxy) is 2. The number of amides is 1. The second kappa shape index (κ2) is 6.71. The topological polar surface area (TPSA) is 77.5 Å². The lowest BCUT2D eigenvalue weighted by atomic mass is 10.1. The van der Waals surface area contributed by atoms with Crippen LogP contribution in [-0.4, -0.2) is 30.9 Å². The second-order valence-electron chi connectivity index (χ2n) is 4.50. The summed E-state index contributed by atoms with van der Waals surface area (Å²) >= 11 is 0. The fourth-order valence-electron chi connectivity index (χ4n) is 1.85. The number of nitrogens with zero attached hydrogens (tertiary/aromatic N) is 1. The molecule has 0 spiro atoms. The molecule has 0 unspecified atom stereocenters. The van der Waals surface area contributed by atoms with Gasteiger partial charge in [-0.15, -0.1) is 0 Å². The monoisotopic (exact) mass is 300 g/mol. The van der Waals surface area contributed by atoms with E-state index in [0.29, 0.717) is 22.7 Å². The fourth-order valence-corrected chi connectivity index (χ4v) is 1.85. The van der Waals surface area contributed by atoms with Gasteiger partial charge in [0.2, 0.25) is 11.8 Å². The van der Waals surface area contributed by atoms with Gasteiger partial charge in [-0.05, 0) is 37.3 Å². The van der Waals surface area contributed by atoms with Gasteiger partial charge in [0.15, 0.2) is 5.78 Å². The molecule has 0 saturated heterocycles. The first-order valence-corrected chi connectivity index (χ1v) is 6.56. The number of hydrogen-bond acceptors (Lipinski definition) is 5. The minimum absolute atomic E-state index is 0.0288. The Hall–Kier alpha value is -2.89. The van der Waals surface area contributed by atoms with Crippen molar-refractivity contribution >= 4 is 17.4 Å². The first-order chi connectivity index (χ1) is 10.5. The van der Waals surface area contributed by atoms with Crippen molar-refractivity contribution in [2.45, 2.75) is 6.92 Å². The molecule has 0 aliphatic heterocycles. The summed E-state index contributed by atoms with van der Waals surface area (Å²) < 4.78 is 10.1. The minimum Gasteiger partial charge on any atom is -0.481 e. The molecule has 0 saturated carbocycles. The Balaban J connectivity index is 2.20. The Bertz CT molecular complexity index is 696. The average molecular weight is 300 g/mol. The van der Waals surface area contributed by atoms with Gasteiger partial charge in [-0.3, -0.25) is 9.59 Å². The van der Waals surface area contributed by atoms with Crippen LogP contribution in [0.5, 0.6) is 11.8 Å². The molecule has 0 fully saturated rings. The van der Waals surface area contributed by atoms with Crippen molar-refractivity contribution in [1.82, 2.24) is 4.98 Å². The molecular formula is C16H16N2O4. The van der Waals surface area contributed by atoms with Crippen molar-refractivity contribution in [3.8, 4) is 11.8 Å². The summed E-state index contributed by atoms with van der Waals surface area (Å²) in [6.45, 7) is 1.49. The normalized spacial score (nSPS) is 9.95. The van der Waals surface area contributed by atoms with Crippen molar-refractivity contribution in [3.05, 3.63) is 47.5 Å². The van der Waals surface area contributed by atoms with Crippen LogP contribution in [-0.2, 0) is 0 Å². The molecule has 114 valence electrons. The number of Topliss-reactive ketones (excluding diaryl/α,β-unsaturated/α-hetero) is 1. The van der Waals surface area contributed by atoms with Gasteiger partial charge in [-0.25, -0.2) is 0 Å². The number of pyridine rings is 1. The third kappa shape index (κ3) is 3.41. The highest BCUT2D eigenvalue weighted by Gasteiger charge is 2.15.